The number of nitro benzene ring substituents is 1. The summed E-state index contributed by atoms with van der Waals surface area (Å²) < 4.78 is 5.99. The minimum Gasteiger partial charge on any atom is -0.456 e. The number of rotatable bonds is 7. The number of likely N-dealkylation sites (tertiary alicyclic amines) is 1. The molecule has 178 valence electrons. The summed E-state index contributed by atoms with van der Waals surface area (Å²) in [6, 6.07) is 8.13. The van der Waals surface area contributed by atoms with Crippen molar-refractivity contribution in [3.8, 4) is 11.3 Å². The summed E-state index contributed by atoms with van der Waals surface area (Å²) in [5.74, 6) is -0.0445. The van der Waals surface area contributed by atoms with Crippen molar-refractivity contribution in [3.05, 3.63) is 56.7 Å². The van der Waals surface area contributed by atoms with E-state index in [4.69, 9.17) is 16.6 Å². The van der Waals surface area contributed by atoms with E-state index in [1.807, 2.05) is 0 Å². The molecule has 0 saturated carbocycles. The number of hydrazine groups is 1. The molecule has 9 nitrogen and oxygen atoms in total. The third-order valence-corrected chi connectivity index (χ3v) is 6.95. The van der Waals surface area contributed by atoms with Crippen molar-refractivity contribution in [2.75, 3.05) is 19.6 Å². The Morgan fingerprint density at radius 3 is 2.76 bits per heavy atom. The first-order valence-electron chi connectivity index (χ1n) is 11.0. The molecule has 11 heteroatoms. The summed E-state index contributed by atoms with van der Waals surface area (Å²) in [5, 5.41) is 12.5. The Kier molecular flexibility index (Phi) is 7.44. The number of carbonyl (C=O) groups is 2. The van der Waals surface area contributed by atoms with E-state index >= 15 is 0 Å². The van der Waals surface area contributed by atoms with Crippen LogP contribution in [0.4, 0.5) is 5.69 Å². The van der Waals surface area contributed by atoms with Gasteiger partial charge in [-0.15, -0.1) is 0 Å². The average Bonchev–Trinajstić information content (AvgIpc) is 3.38. The van der Waals surface area contributed by atoms with Crippen molar-refractivity contribution in [1.29, 1.82) is 0 Å². The van der Waals surface area contributed by atoms with Gasteiger partial charge >= 0.3 is 0 Å². The van der Waals surface area contributed by atoms with Crippen LogP contribution in [-0.2, 0) is 9.59 Å². The molecule has 2 aliphatic rings. The normalized spacial score (nSPS) is 18.0. The van der Waals surface area contributed by atoms with Crippen LogP contribution in [0.3, 0.4) is 0 Å². The Hall–Kier alpha value is -3.02. The second-order valence-corrected chi connectivity index (χ2v) is 9.86. The molecule has 3 heterocycles. The standard InChI is InChI=1S/C23H24N4O5S2/c1-15-5-7-17(18(13-15)27(30)31)19-8-6-16(32-19)14-20-22(29)26(23(33)34-20)24-21(28)9-12-25-10-3-2-4-11-25/h5-8,13-14H,2-4,9-12H2,1H3,(H,24,28). The number of nitrogens with zero attached hydrogens (tertiary/aromatic N) is 3. The fraction of sp³-hybridized carbons (Fsp3) is 0.348. The lowest BCUT2D eigenvalue weighted by molar-refractivity contribution is -0.384. The second kappa shape index (κ2) is 10.5. The van der Waals surface area contributed by atoms with Gasteiger partial charge in [0.15, 0.2) is 4.32 Å². The molecule has 0 unspecified atom stereocenters. The number of amides is 2. The molecule has 0 atom stereocenters. The minimum atomic E-state index is -0.455. The summed E-state index contributed by atoms with van der Waals surface area (Å²) in [7, 11) is 0. The number of furan rings is 1. The van der Waals surface area contributed by atoms with Crippen LogP contribution in [-0.4, -0.2) is 50.6 Å². The fourth-order valence-electron chi connectivity index (χ4n) is 3.89. The molecule has 1 aromatic carbocycles. The highest BCUT2D eigenvalue weighted by Crippen LogP contribution is 2.35. The molecule has 1 N–H and O–H groups in total. The number of nitrogens with one attached hydrogen (secondary N) is 1. The second-order valence-electron chi connectivity index (χ2n) is 8.18. The van der Waals surface area contributed by atoms with Crippen LogP contribution < -0.4 is 5.43 Å². The van der Waals surface area contributed by atoms with Crippen LogP contribution >= 0.6 is 24.0 Å². The number of nitro groups is 1. The zero-order valence-corrected chi connectivity index (χ0v) is 20.2. The highest BCUT2D eigenvalue weighted by atomic mass is 32.2. The number of hydrogen-bond acceptors (Lipinski definition) is 8. The van der Waals surface area contributed by atoms with Crippen molar-refractivity contribution in [2.45, 2.75) is 32.6 Å². The smallest absolute Gasteiger partial charge is 0.285 e. The SMILES string of the molecule is Cc1ccc(-c2ccc(C=C3SC(=S)N(NC(=O)CCN4CCCCC4)C3=O)o2)c([N+](=O)[O-])c1. The summed E-state index contributed by atoms with van der Waals surface area (Å²) >= 11 is 6.33. The van der Waals surface area contributed by atoms with Gasteiger partial charge in [0.1, 0.15) is 11.5 Å². The van der Waals surface area contributed by atoms with E-state index in [9.17, 15) is 19.7 Å². The summed E-state index contributed by atoms with van der Waals surface area (Å²) in [5.41, 5.74) is 3.66. The molecule has 2 saturated heterocycles. The number of carbonyl (C=O) groups excluding carboxylic acids is 2. The van der Waals surface area contributed by atoms with E-state index in [1.54, 1.807) is 31.2 Å². The van der Waals surface area contributed by atoms with E-state index < -0.39 is 10.8 Å². The fourth-order valence-corrected chi connectivity index (χ4v) is 5.05. The minimum absolute atomic E-state index is 0.0560. The van der Waals surface area contributed by atoms with E-state index in [1.165, 1.54) is 18.6 Å². The van der Waals surface area contributed by atoms with Gasteiger partial charge in [-0.2, -0.15) is 5.01 Å². The van der Waals surface area contributed by atoms with Crippen molar-refractivity contribution in [1.82, 2.24) is 15.3 Å². The molecule has 2 amide bonds. The lowest BCUT2D eigenvalue weighted by Gasteiger charge is -2.26. The van der Waals surface area contributed by atoms with E-state index in [2.05, 4.69) is 10.3 Å². The van der Waals surface area contributed by atoms with E-state index in [0.717, 1.165) is 48.3 Å². The van der Waals surface area contributed by atoms with E-state index in [-0.39, 0.29) is 22.3 Å². The number of benzene rings is 1. The highest BCUT2D eigenvalue weighted by Gasteiger charge is 2.34. The first-order valence-corrected chi connectivity index (χ1v) is 12.2. The molecule has 0 aliphatic carbocycles. The molecular weight excluding hydrogens is 476 g/mol. The predicted octanol–water partition coefficient (Wildman–Crippen LogP) is 4.27. The maximum absolute atomic E-state index is 12.8. The monoisotopic (exact) mass is 500 g/mol. The first kappa shape index (κ1) is 24.1. The van der Waals surface area contributed by atoms with Gasteiger partial charge in [-0.1, -0.05) is 24.2 Å². The van der Waals surface area contributed by atoms with Crippen LogP contribution in [0.2, 0.25) is 0 Å². The molecule has 4 rings (SSSR count). The van der Waals surface area contributed by atoms with Crippen LogP contribution in [0.5, 0.6) is 0 Å². The van der Waals surface area contributed by atoms with Gasteiger partial charge in [0.05, 0.1) is 15.4 Å². The molecule has 1 aromatic heterocycles. The topological polar surface area (TPSA) is 109 Å². The average molecular weight is 501 g/mol. The predicted molar refractivity (Wildman–Crippen MR) is 134 cm³/mol. The molecule has 0 bridgehead atoms. The zero-order valence-electron chi connectivity index (χ0n) is 18.6. The number of piperidine rings is 1. The molecule has 2 aromatic rings. The molecule has 2 aliphatic heterocycles. The quantitative estimate of drug-likeness (QED) is 0.260. The Morgan fingerprint density at radius 1 is 1.26 bits per heavy atom. The largest absolute Gasteiger partial charge is 0.456 e. The van der Waals surface area contributed by atoms with Crippen molar-refractivity contribution < 1.29 is 18.9 Å². The van der Waals surface area contributed by atoms with Gasteiger partial charge in [-0.3, -0.25) is 25.1 Å². The number of thiocarbonyl (C=S) groups is 1. The van der Waals surface area contributed by atoms with Gasteiger partial charge in [0.25, 0.3) is 11.6 Å². The van der Waals surface area contributed by atoms with Crippen LogP contribution in [0.15, 0.2) is 39.7 Å². The van der Waals surface area contributed by atoms with Crippen LogP contribution in [0.1, 0.15) is 37.0 Å². The van der Waals surface area contributed by atoms with Gasteiger partial charge < -0.3 is 9.32 Å². The maximum Gasteiger partial charge on any atom is 0.285 e. The summed E-state index contributed by atoms with van der Waals surface area (Å²) in [4.78, 5) is 38.7. The Labute approximate surface area is 206 Å². The lowest BCUT2D eigenvalue weighted by atomic mass is 10.1. The number of thioether (sulfide) groups is 1. The van der Waals surface area contributed by atoms with Crippen LogP contribution in [0, 0.1) is 17.0 Å². The molecule has 2 fully saturated rings. The van der Waals surface area contributed by atoms with E-state index in [0.29, 0.717) is 28.5 Å². The maximum atomic E-state index is 12.8. The third kappa shape index (κ3) is 5.54. The molecule has 0 radical (unpaired) electrons. The zero-order chi connectivity index (χ0) is 24.2. The Bertz CT molecular complexity index is 1170. The van der Waals surface area contributed by atoms with Crippen molar-refractivity contribution >= 4 is 51.9 Å². The number of hydrogen-bond donors (Lipinski definition) is 1. The van der Waals surface area contributed by atoms with Gasteiger partial charge in [-0.05, 0) is 68.8 Å². The highest BCUT2D eigenvalue weighted by molar-refractivity contribution is 8.26. The Morgan fingerprint density at radius 2 is 2.03 bits per heavy atom. The van der Waals surface area contributed by atoms with Gasteiger partial charge in [0, 0.05) is 25.1 Å². The van der Waals surface area contributed by atoms with Crippen molar-refractivity contribution in [3.63, 3.8) is 0 Å². The van der Waals surface area contributed by atoms with Gasteiger partial charge in [-0.25, -0.2) is 0 Å². The molecular formula is C23H24N4O5S2. The van der Waals surface area contributed by atoms with Crippen molar-refractivity contribution in [2.24, 2.45) is 0 Å². The molecule has 0 spiro atoms. The lowest BCUT2D eigenvalue weighted by Crippen LogP contribution is -2.46. The van der Waals surface area contributed by atoms with Crippen LogP contribution in [0.25, 0.3) is 17.4 Å². The Balaban J connectivity index is 1.42. The summed E-state index contributed by atoms with van der Waals surface area (Å²) in [6.45, 7) is 4.41. The number of aryl methyl sites for hydroxylation is 1. The third-order valence-electron chi connectivity index (χ3n) is 5.65. The first-order chi connectivity index (χ1) is 16.3. The van der Waals surface area contributed by atoms with Gasteiger partial charge in [0.2, 0.25) is 5.91 Å². The summed E-state index contributed by atoms with van der Waals surface area (Å²) in [6.07, 6.45) is 5.32. The molecule has 34 heavy (non-hydrogen) atoms.